The number of carbonyl (C=O) groups excluding carboxylic acids is 2. The highest BCUT2D eigenvalue weighted by Crippen LogP contribution is 2.23. The van der Waals surface area contributed by atoms with E-state index < -0.39 is 5.97 Å². The first-order valence-electron chi connectivity index (χ1n) is 16.6. The third kappa shape index (κ3) is 12.9. The monoisotopic (exact) mass is 602 g/mol. The maximum atomic E-state index is 12.7. The Morgan fingerprint density at radius 2 is 1.23 bits per heavy atom. The Bertz CT molecular complexity index is 1230. The molecule has 3 aromatic rings. The van der Waals surface area contributed by atoms with Gasteiger partial charge in [0.2, 0.25) is 0 Å². The molecular formula is C37H50N2O5. The zero-order valence-corrected chi connectivity index (χ0v) is 26.9. The normalized spacial score (nSPS) is 11.6. The van der Waals surface area contributed by atoms with E-state index in [2.05, 4.69) is 23.8 Å². The number of rotatable bonds is 21. The van der Waals surface area contributed by atoms with Gasteiger partial charge in [-0.05, 0) is 61.7 Å². The SMILES string of the molecule is CCCCCCCCCC(=O)O[C@@H](C)c1ccc(OC(=O)c2cnc(-c3ccc(OCCCCCCCC)cc3)nc2)cc1. The van der Waals surface area contributed by atoms with Crippen LogP contribution in [0.3, 0.4) is 0 Å². The molecule has 0 unspecified atom stereocenters. The molecular weight excluding hydrogens is 552 g/mol. The zero-order chi connectivity index (χ0) is 31.4. The van der Waals surface area contributed by atoms with Crippen molar-refractivity contribution < 1.29 is 23.8 Å². The number of hydrogen-bond donors (Lipinski definition) is 0. The molecule has 0 bridgehead atoms. The van der Waals surface area contributed by atoms with Gasteiger partial charge in [0, 0.05) is 24.4 Å². The summed E-state index contributed by atoms with van der Waals surface area (Å²) in [6, 6.07) is 14.7. The number of hydrogen-bond acceptors (Lipinski definition) is 7. The van der Waals surface area contributed by atoms with Crippen LogP contribution < -0.4 is 9.47 Å². The summed E-state index contributed by atoms with van der Waals surface area (Å²) in [5.74, 6) is 1.00. The average molecular weight is 603 g/mol. The molecule has 0 amide bonds. The van der Waals surface area contributed by atoms with E-state index in [0.717, 1.165) is 36.1 Å². The highest BCUT2D eigenvalue weighted by atomic mass is 16.5. The summed E-state index contributed by atoms with van der Waals surface area (Å²) in [6.07, 6.45) is 18.5. The van der Waals surface area contributed by atoms with Gasteiger partial charge < -0.3 is 14.2 Å². The van der Waals surface area contributed by atoms with Gasteiger partial charge in [-0.25, -0.2) is 14.8 Å². The van der Waals surface area contributed by atoms with Crippen LogP contribution in [-0.2, 0) is 9.53 Å². The molecule has 0 saturated heterocycles. The Balaban J connectivity index is 1.39. The third-order valence-corrected chi connectivity index (χ3v) is 7.62. The predicted molar refractivity (Wildman–Crippen MR) is 175 cm³/mol. The Morgan fingerprint density at radius 1 is 0.682 bits per heavy atom. The first-order chi connectivity index (χ1) is 21.5. The molecule has 0 aliphatic heterocycles. The first kappa shape index (κ1) is 34.7. The molecule has 0 aliphatic rings. The molecule has 2 aromatic carbocycles. The van der Waals surface area contributed by atoms with Gasteiger partial charge in [-0.2, -0.15) is 0 Å². The van der Waals surface area contributed by atoms with Gasteiger partial charge in [-0.3, -0.25) is 4.79 Å². The Labute approximate surface area is 263 Å². The Kier molecular flexibility index (Phi) is 16.0. The van der Waals surface area contributed by atoms with E-state index in [0.29, 0.717) is 24.6 Å². The van der Waals surface area contributed by atoms with Crippen LogP contribution in [-0.4, -0.2) is 28.5 Å². The molecule has 44 heavy (non-hydrogen) atoms. The molecule has 7 nitrogen and oxygen atoms in total. The lowest BCUT2D eigenvalue weighted by Gasteiger charge is -2.14. The Morgan fingerprint density at radius 3 is 1.84 bits per heavy atom. The van der Waals surface area contributed by atoms with Crippen LogP contribution in [0.1, 0.15) is 133 Å². The van der Waals surface area contributed by atoms with Crippen molar-refractivity contribution in [3.05, 3.63) is 72.1 Å². The molecule has 1 heterocycles. The van der Waals surface area contributed by atoms with Crippen molar-refractivity contribution in [2.24, 2.45) is 0 Å². The summed E-state index contributed by atoms with van der Waals surface area (Å²) < 4.78 is 17.0. The van der Waals surface area contributed by atoms with Gasteiger partial charge in [0.1, 0.15) is 17.6 Å². The lowest BCUT2D eigenvalue weighted by Crippen LogP contribution is -2.10. The molecule has 0 aliphatic carbocycles. The van der Waals surface area contributed by atoms with Crippen molar-refractivity contribution in [2.75, 3.05) is 6.61 Å². The summed E-state index contributed by atoms with van der Waals surface area (Å²) in [4.78, 5) is 33.6. The van der Waals surface area contributed by atoms with Crippen molar-refractivity contribution in [1.82, 2.24) is 9.97 Å². The number of nitrogens with zero attached hydrogens (tertiary/aromatic N) is 2. The molecule has 1 aromatic heterocycles. The highest BCUT2D eigenvalue weighted by Gasteiger charge is 2.14. The van der Waals surface area contributed by atoms with E-state index in [1.165, 1.54) is 76.6 Å². The molecule has 0 saturated carbocycles. The van der Waals surface area contributed by atoms with Crippen LogP contribution in [0, 0.1) is 0 Å². The van der Waals surface area contributed by atoms with E-state index in [4.69, 9.17) is 14.2 Å². The topological polar surface area (TPSA) is 87.6 Å². The average Bonchev–Trinajstić information content (AvgIpc) is 3.04. The van der Waals surface area contributed by atoms with Gasteiger partial charge in [-0.1, -0.05) is 96.6 Å². The Hall–Kier alpha value is -3.74. The molecule has 7 heteroatoms. The van der Waals surface area contributed by atoms with E-state index in [-0.39, 0.29) is 17.6 Å². The lowest BCUT2D eigenvalue weighted by molar-refractivity contribution is -0.148. The molecule has 238 valence electrons. The standard InChI is InChI=1S/C37H50N2O5/c1-4-6-8-10-12-13-15-17-35(40)43-29(3)30-18-24-34(25-19-30)44-37(41)32-27-38-36(39-28-32)31-20-22-33(23-21-31)42-26-16-14-11-9-7-5-2/h18-25,27-29H,4-17,26H2,1-3H3/t29-/m0/s1. The number of benzene rings is 2. The van der Waals surface area contributed by atoms with Gasteiger partial charge in [0.05, 0.1) is 12.2 Å². The van der Waals surface area contributed by atoms with Gasteiger partial charge >= 0.3 is 11.9 Å². The van der Waals surface area contributed by atoms with E-state index in [9.17, 15) is 9.59 Å². The highest BCUT2D eigenvalue weighted by molar-refractivity contribution is 5.90. The summed E-state index contributed by atoms with van der Waals surface area (Å²) in [5.41, 5.74) is 1.93. The third-order valence-electron chi connectivity index (χ3n) is 7.62. The fourth-order valence-electron chi connectivity index (χ4n) is 4.88. The predicted octanol–water partition coefficient (Wildman–Crippen LogP) is 9.85. The summed E-state index contributed by atoms with van der Waals surface area (Å²) >= 11 is 0. The molecule has 0 spiro atoms. The van der Waals surface area contributed by atoms with E-state index in [1.54, 1.807) is 24.3 Å². The van der Waals surface area contributed by atoms with E-state index in [1.807, 2.05) is 31.2 Å². The second-order valence-electron chi connectivity index (χ2n) is 11.4. The first-order valence-corrected chi connectivity index (χ1v) is 16.6. The van der Waals surface area contributed by atoms with E-state index >= 15 is 0 Å². The van der Waals surface area contributed by atoms with Crippen LogP contribution in [0.15, 0.2) is 60.9 Å². The van der Waals surface area contributed by atoms with Crippen molar-refractivity contribution in [3.63, 3.8) is 0 Å². The minimum absolute atomic E-state index is 0.183. The minimum atomic E-state index is -0.545. The largest absolute Gasteiger partial charge is 0.494 e. The van der Waals surface area contributed by atoms with Gasteiger partial charge in [0.15, 0.2) is 5.82 Å². The molecule has 0 radical (unpaired) electrons. The summed E-state index contributed by atoms with van der Waals surface area (Å²) in [7, 11) is 0. The molecule has 1 atom stereocenters. The number of carbonyl (C=O) groups is 2. The molecule has 0 fully saturated rings. The number of aromatic nitrogens is 2. The van der Waals surface area contributed by atoms with Crippen molar-refractivity contribution in [3.8, 4) is 22.9 Å². The zero-order valence-electron chi connectivity index (χ0n) is 26.9. The van der Waals surface area contributed by atoms with Crippen molar-refractivity contribution >= 4 is 11.9 Å². The van der Waals surface area contributed by atoms with Crippen LogP contribution in [0.25, 0.3) is 11.4 Å². The maximum Gasteiger partial charge on any atom is 0.346 e. The molecule has 0 N–H and O–H groups in total. The quantitative estimate of drug-likeness (QED) is 0.0681. The number of unbranched alkanes of at least 4 members (excludes halogenated alkanes) is 11. The van der Waals surface area contributed by atoms with Gasteiger partial charge in [-0.15, -0.1) is 0 Å². The second-order valence-corrected chi connectivity index (χ2v) is 11.4. The van der Waals surface area contributed by atoms with Crippen LogP contribution in [0.4, 0.5) is 0 Å². The lowest BCUT2D eigenvalue weighted by atomic mass is 10.1. The van der Waals surface area contributed by atoms with Crippen LogP contribution in [0.2, 0.25) is 0 Å². The maximum absolute atomic E-state index is 12.7. The van der Waals surface area contributed by atoms with Gasteiger partial charge in [0.25, 0.3) is 0 Å². The fraction of sp³-hybridized carbons (Fsp3) is 0.514. The second kappa shape index (κ2) is 20.3. The fourth-order valence-corrected chi connectivity index (χ4v) is 4.88. The summed E-state index contributed by atoms with van der Waals surface area (Å²) in [6.45, 7) is 7.00. The van der Waals surface area contributed by atoms with Crippen molar-refractivity contribution in [1.29, 1.82) is 0 Å². The molecule has 3 rings (SSSR count). The van der Waals surface area contributed by atoms with Crippen LogP contribution >= 0.6 is 0 Å². The number of ether oxygens (including phenoxy) is 3. The summed E-state index contributed by atoms with van der Waals surface area (Å²) in [5, 5.41) is 0. The van der Waals surface area contributed by atoms with Crippen molar-refractivity contribution in [2.45, 2.75) is 117 Å². The smallest absolute Gasteiger partial charge is 0.346 e. The van der Waals surface area contributed by atoms with Crippen LogP contribution in [0.5, 0.6) is 11.5 Å². The minimum Gasteiger partial charge on any atom is -0.494 e. The number of esters is 2.